The van der Waals surface area contributed by atoms with Gasteiger partial charge in [0.25, 0.3) is 0 Å². The van der Waals surface area contributed by atoms with Crippen molar-refractivity contribution in [3.63, 3.8) is 0 Å². The van der Waals surface area contributed by atoms with Crippen LogP contribution in [0.2, 0.25) is 0 Å². The molecule has 1 N–H and O–H groups in total. The largest absolute Gasteiger partial charge is 0.388 e. The fourth-order valence-corrected chi connectivity index (χ4v) is 2.51. The molecule has 0 radical (unpaired) electrons. The van der Waals surface area contributed by atoms with Crippen molar-refractivity contribution < 1.29 is 5.11 Å². The van der Waals surface area contributed by atoms with E-state index in [1.54, 1.807) is 18.3 Å². The number of rotatable bonds is 1. The predicted molar refractivity (Wildman–Crippen MR) is 57.2 cm³/mol. The zero-order valence-corrected chi connectivity index (χ0v) is 8.56. The molecule has 2 rings (SSSR count). The van der Waals surface area contributed by atoms with Crippen molar-refractivity contribution >= 4 is 21.4 Å². The van der Waals surface area contributed by atoms with Crippen LogP contribution in [0.1, 0.15) is 23.5 Å². The Bertz CT molecular complexity index is 429. The minimum atomic E-state index is -0.350. The summed E-state index contributed by atoms with van der Waals surface area (Å²) in [6.45, 7) is 3.90. The van der Waals surface area contributed by atoms with E-state index in [1.165, 1.54) is 15.6 Å². The molecular formula is C11H12OS. The van der Waals surface area contributed by atoms with E-state index in [-0.39, 0.29) is 6.10 Å². The third-order valence-corrected chi connectivity index (χ3v) is 3.48. The summed E-state index contributed by atoms with van der Waals surface area (Å²) in [6.07, 6.45) is -0.350. The van der Waals surface area contributed by atoms with Crippen LogP contribution >= 0.6 is 11.3 Å². The Kier molecular flexibility index (Phi) is 2.10. The molecule has 2 aromatic rings. The monoisotopic (exact) mass is 192 g/mol. The van der Waals surface area contributed by atoms with Gasteiger partial charge < -0.3 is 5.11 Å². The van der Waals surface area contributed by atoms with Crippen LogP contribution in [0.25, 0.3) is 10.1 Å². The van der Waals surface area contributed by atoms with E-state index in [2.05, 4.69) is 31.2 Å². The Hall–Kier alpha value is -0.860. The number of fused-ring (bicyclic) bond motifs is 1. The van der Waals surface area contributed by atoms with Crippen LogP contribution in [0.4, 0.5) is 0 Å². The molecule has 1 unspecified atom stereocenters. The van der Waals surface area contributed by atoms with Crippen molar-refractivity contribution in [2.45, 2.75) is 20.0 Å². The smallest absolute Gasteiger partial charge is 0.0854 e. The molecule has 1 heterocycles. The van der Waals surface area contributed by atoms with E-state index in [9.17, 15) is 5.11 Å². The maximum Gasteiger partial charge on any atom is 0.0854 e. The van der Waals surface area contributed by atoms with Crippen LogP contribution < -0.4 is 0 Å². The summed E-state index contributed by atoms with van der Waals surface area (Å²) in [5, 5.41) is 10.7. The first-order valence-corrected chi connectivity index (χ1v) is 5.17. The summed E-state index contributed by atoms with van der Waals surface area (Å²) >= 11 is 1.67. The number of aryl methyl sites for hydroxylation is 1. The predicted octanol–water partition coefficient (Wildman–Crippen LogP) is 3.26. The normalized spacial score (nSPS) is 13.5. The molecule has 0 saturated carbocycles. The molecular weight excluding hydrogens is 180 g/mol. The first-order chi connectivity index (χ1) is 6.18. The van der Waals surface area contributed by atoms with Gasteiger partial charge in [0.1, 0.15) is 0 Å². The molecule has 0 fully saturated rings. The Morgan fingerprint density at radius 3 is 2.77 bits per heavy atom. The second kappa shape index (κ2) is 3.13. The van der Waals surface area contributed by atoms with Crippen LogP contribution in [0, 0.1) is 6.92 Å². The molecule has 0 amide bonds. The van der Waals surface area contributed by atoms with E-state index in [4.69, 9.17) is 0 Å². The quantitative estimate of drug-likeness (QED) is 0.735. The van der Waals surface area contributed by atoms with Gasteiger partial charge in [-0.25, -0.2) is 0 Å². The van der Waals surface area contributed by atoms with Crippen LogP contribution in [-0.2, 0) is 0 Å². The second-order valence-corrected chi connectivity index (χ2v) is 4.43. The maximum absolute atomic E-state index is 9.43. The van der Waals surface area contributed by atoms with Gasteiger partial charge in [-0.1, -0.05) is 12.1 Å². The van der Waals surface area contributed by atoms with E-state index >= 15 is 0 Å². The molecule has 1 nitrogen and oxygen atoms in total. The fourth-order valence-electron chi connectivity index (χ4n) is 1.43. The average molecular weight is 192 g/mol. The Morgan fingerprint density at radius 1 is 1.38 bits per heavy atom. The van der Waals surface area contributed by atoms with Crippen molar-refractivity contribution in [3.8, 4) is 0 Å². The number of hydrogen-bond donors (Lipinski definition) is 1. The molecule has 1 atom stereocenters. The van der Waals surface area contributed by atoms with Gasteiger partial charge in [-0.15, -0.1) is 11.3 Å². The number of thiophene rings is 1. The van der Waals surface area contributed by atoms with Gasteiger partial charge in [-0.2, -0.15) is 0 Å². The minimum absolute atomic E-state index is 0.350. The van der Waals surface area contributed by atoms with E-state index in [0.717, 1.165) is 4.88 Å². The summed E-state index contributed by atoms with van der Waals surface area (Å²) < 4.78 is 1.26. The minimum Gasteiger partial charge on any atom is -0.388 e. The summed E-state index contributed by atoms with van der Waals surface area (Å²) in [4.78, 5) is 1.05. The zero-order valence-electron chi connectivity index (χ0n) is 7.74. The molecule has 1 aromatic heterocycles. The average Bonchev–Trinajstić information content (AvgIpc) is 2.49. The van der Waals surface area contributed by atoms with Crippen molar-refractivity contribution in [2.75, 3.05) is 0 Å². The lowest BCUT2D eigenvalue weighted by Gasteiger charge is -1.95. The van der Waals surface area contributed by atoms with Crippen molar-refractivity contribution in [3.05, 3.63) is 34.7 Å². The first-order valence-electron chi connectivity index (χ1n) is 4.35. The maximum atomic E-state index is 9.43. The molecule has 0 aliphatic heterocycles. The van der Waals surface area contributed by atoms with E-state index in [0.29, 0.717) is 0 Å². The van der Waals surface area contributed by atoms with E-state index < -0.39 is 0 Å². The van der Waals surface area contributed by atoms with Crippen LogP contribution in [0.3, 0.4) is 0 Å². The summed E-state index contributed by atoms with van der Waals surface area (Å²) in [5.41, 5.74) is 1.28. The highest BCUT2D eigenvalue weighted by Gasteiger charge is 2.06. The van der Waals surface area contributed by atoms with Gasteiger partial charge >= 0.3 is 0 Å². The Balaban J connectivity index is 2.68. The molecule has 0 bridgehead atoms. The van der Waals surface area contributed by atoms with Crippen LogP contribution in [-0.4, -0.2) is 5.11 Å². The van der Waals surface area contributed by atoms with Crippen LogP contribution in [0.5, 0.6) is 0 Å². The highest BCUT2D eigenvalue weighted by molar-refractivity contribution is 7.19. The lowest BCUT2D eigenvalue weighted by atomic mass is 10.1. The number of benzene rings is 1. The van der Waals surface area contributed by atoms with Gasteiger partial charge in [0.2, 0.25) is 0 Å². The van der Waals surface area contributed by atoms with Gasteiger partial charge in [0.15, 0.2) is 0 Å². The molecule has 0 spiro atoms. The molecule has 0 aliphatic rings. The Labute approximate surface area is 81.6 Å². The number of aliphatic hydroxyl groups excluding tert-OH is 1. The summed E-state index contributed by atoms with van der Waals surface area (Å²) in [7, 11) is 0. The third-order valence-electron chi connectivity index (χ3n) is 2.21. The molecule has 2 heteroatoms. The van der Waals surface area contributed by atoms with Crippen molar-refractivity contribution in [1.29, 1.82) is 0 Å². The second-order valence-electron chi connectivity index (χ2n) is 3.31. The van der Waals surface area contributed by atoms with Gasteiger partial charge in [0, 0.05) is 9.58 Å². The molecule has 68 valence electrons. The summed E-state index contributed by atoms with van der Waals surface area (Å²) in [5.74, 6) is 0. The highest BCUT2D eigenvalue weighted by Crippen LogP contribution is 2.31. The first kappa shape index (κ1) is 8.73. The molecule has 13 heavy (non-hydrogen) atoms. The van der Waals surface area contributed by atoms with Crippen molar-refractivity contribution in [1.82, 2.24) is 0 Å². The van der Waals surface area contributed by atoms with E-state index in [1.807, 2.05) is 0 Å². The third kappa shape index (κ3) is 1.47. The van der Waals surface area contributed by atoms with Crippen LogP contribution in [0.15, 0.2) is 24.3 Å². The van der Waals surface area contributed by atoms with Gasteiger partial charge in [-0.3, -0.25) is 0 Å². The summed E-state index contributed by atoms with van der Waals surface area (Å²) in [6, 6.07) is 8.33. The lowest BCUT2D eigenvalue weighted by molar-refractivity contribution is 0.203. The number of aliphatic hydroxyl groups is 1. The van der Waals surface area contributed by atoms with Gasteiger partial charge in [0.05, 0.1) is 6.10 Å². The number of hydrogen-bond acceptors (Lipinski definition) is 2. The molecule has 1 aromatic carbocycles. The molecule has 0 saturated heterocycles. The highest BCUT2D eigenvalue weighted by atomic mass is 32.1. The van der Waals surface area contributed by atoms with Gasteiger partial charge in [-0.05, 0) is 36.9 Å². The standard InChI is InChI=1S/C11H12OS/c1-7-4-3-5-10-9(7)6-11(13-10)8(2)12/h3-6,8,12H,1-2H3. The Morgan fingerprint density at radius 2 is 2.15 bits per heavy atom. The molecule has 0 aliphatic carbocycles. The van der Waals surface area contributed by atoms with Crippen molar-refractivity contribution in [2.24, 2.45) is 0 Å². The fraction of sp³-hybridized carbons (Fsp3) is 0.273. The zero-order chi connectivity index (χ0) is 9.42. The SMILES string of the molecule is Cc1cccc2sc(C(C)O)cc12. The lowest BCUT2D eigenvalue weighted by Crippen LogP contribution is -1.83. The topological polar surface area (TPSA) is 20.2 Å².